The third kappa shape index (κ3) is 2.20. The van der Waals surface area contributed by atoms with Crippen LogP contribution in [0.1, 0.15) is 17.2 Å². The molecule has 0 aromatic heterocycles. The predicted molar refractivity (Wildman–Crippen MR) is 54.0 cm³/mol. The first kappa shape index (κ1) is 14.5. The first-order valence-corrected chi connectivity index (χ1v) is 6.36. The fourth-order valence-corrected chi connectivity index (χ4v) is 2.94. The van der Waals surface area contributed by atoms with Crippen molar-refractivity contribution < 1.29 is 54.3 Å². The normalized spacial score (nSPS) is 19.6. The van der Waals surface area contributed by atoms with Crippen LogP contribution in [0.25, 0.3) is 6.08 Å². The third-order valence-electron chi connectivity index (χ3n) is 2.56. The fraction of sp³-hybridized carbons (Fsp3) is 0.0909. The summed E-state index contributed by atoms with van der Waals surface area (Å²) in [5.74, 6) is 0. The largest absolute Gasteiger partial charge is 1.00 e. The van der Waals surface area contributed by atoms with E-state index in [2.05, 4.69) is 40.2 Å². The van der Waals surface area contributed by atoms with Crippen molar-refractivity contribution >= 4 is 22.0 Å². The van der Waals surface area contributed by atoms with Gasteiger partial charge in [0.25, 0.3) is 0 Å². The minimum absolute atomic E-state index is 0. The molecule has 1 heterocycles. The summed E-state index contributed by atoms with van der Waals surface area (Å²) >= 11 is 4.90. The number of hydrogen-bond acceptors (Lipinski definition) is 1. The van der Waals surface area contributed by atoms with Gasteiger partial charge >= 0.3 is 106 Å². The maximum absolute atomic E-state index is 5.63. The molecule has 0 spiro atoms. The average Bonchev–Trinajstić information content (AvgIpc) is 2.66. The van der Waals surface area contributed by atoms with E-state index in [0.717, 1.165) is 4.47 Å². The molecular formula is C11H6BrCl2OZr. The van der Waals surface area contributed by atoms with Crippen molar-refractivity contribution in [3.8, 4) is 0 Å². The molecule has 1 aliphatic heterocycles. The van der Waals surface area contributed by atoms with E-state index in [9.17, 15) is 0 Å². The standard InChI is InChI=1S/C11H6BrO.2ClH.Zr/c12-9-1-2-10-8(6-9)5-7-3-4-13-11(7)10;;;/h1-2,4-6,11H;2*1H;/q;;;+2/p-2. The molecule has 0 saturated carbocycles. The average molecular weight is 396 g/mol. The van der Waals surface area contributed by atoms with Crippen LogP contribution in [0.4, 0.5) is 0 Å². The molecular weight excluding hydrogens is 390 g/mol. The zero-order chi connectivity index (χ0) is 9.71. The molecule has 0 radical (unpaired) electrons. The summed E-state index contributed by atoms with van der Waals surface area (Å²) < 4.78 is 8.09. The Hall–Kier alpha value is 0.443. The van der Waals surface area contributed by atoms with E-state index in [-0.39, 0.29) is 30.9 Å². The van der Waals surface area contributed by atoms with E-state index in [1.807, 2.05) is 6.26 Å². The number of fused-ring (bicyclic) bond motifs is 3. The van der Waals surface area contributed by atoms with Gasteiger partial charge in [-0.25, -0.2) is 0 Å². The molecule has 3 rings (SSSR count). The molecule has 1 nitrogen and oxygen atoms in total. The first-order chi connectivity index (χ1) is 6.75. The molecule has 1 atom stereocenters. The van der Waals surface area contributed by atoms with E-state index >= 15 is 0 Å². The Labute approximate surface area is 130 Å². The molecule has 2 aliphatic rings. The van der Waals surface area contributed by atoms with Crippen molar-refractivity contribution in [2.45, 2.75) is 6.10 Å². The molecule has 1 aromatic carbocycles. The molecule has 5 heteroatoms. The molecule has 0 saturated heterocycles. The van der Waals surface area contributed by atoms with E-state index < -0.39 is 0 Å². The third-order valence-corrected chi connectivity index (χ3v) is 4.05. The molecule has 16 heavy (non-hydrogen) atoms. The molecule has 1 aromatic rings. The Bertz CT molecular complexity index is 485. The van der Waals surface area contributed by atoms with Crippen molar-refractivity contribution in [2.24, 2.45) is 0 Å². The zero-order valence-electron chi connectivity index (χ0n) is 8.01. The van der Waals surface area contributed by atoms with Gasteiger partial charge in [-0.05, 0) is 0 Å². The Morgan fingerprint density at radius 3 is 2.75 bits per heavy atom. The number of ether oxygens (including phenoxy) is 1. The number of rotatable bonds is 0. The van der Waals surface area contributed by atoms with E-state index in [1.54, 1.807) is 0 Å². The fourth-order valence-electron chi connectivity index (χ4n) is 1.89. The maximum atomic E-state index is 5.63. The Morgan fingerprint density at radius 2 is 2.00 bits per heavy atom. The summed E-state index contributed by atoms with van der Waals surface area (Å²) in [6.07, 6.45) is 4.30. The molecule has 1 unspecified atom stereocenters. The van der Waals surface area contributed by atoms with Gasteiger partial charge in [0.2, 0.25) is 0 Å². The summed E-state index contributed by atoms with van der Waals surface area (Å²) in [7, 11) is 0. The number of hydrogen-bond donors (Lipinski definition) is 0. The molecule has 0 amide bonds. The van der Waals surface area contributed by atoms with Crippen molar-refractivity contribution in [3.63, 3.8) is 0 Å². The van der Waals surface area contributed by atoms with Gasteiger partial charge in [0, 0.05) is 0 Å². The zero-order valence-corrected chi connectivity index (χ0v) is 13.6. The summed E-state index contributed by atoms with van der Waals surface area (Å²) in [4.78, 5) is 0. The second kappa shape index (κ2) is 5.39. The Morgan fingerprint density at radius 1 is 1.25 bits per heavy atom. The van der Waals surface area contributed by atoms with Crippen LogP contribution in [0.3, 0.4) is 0 Å². The van der Waals surface area contributed by atoms with Gasteiger partial charge in [0.05, 0.1) is 0 Å². The van der Waals surface area contributed by atoms with E-state index in [1.165, 1.54) is 44.7 Å². The van der Waals surface area contributed by atoms with Gasteiger partial charge in [0.15, 0.2) is 0 Å². The van der Waals surface area contributed by atoms with Crippen LogP contribution in [-0.4, -0.2) is 0 Å². The van der Waals surface area contributed by atoms with Crippen LogP contribution in [0.2, 0.25) is 0 Å². The van der Waals surface area contributed by atoms with Gasteiger partial charge in [-0.1, -0.05) is 0 Å². The second-order valence-electron chi connectivity index (χ2n) is 3.42. The van der Waals surface area contributed by atoms with Gasteiger partial charge in [-0.15, -0.1) is 0 Å². The van der Waals surface area contributed by atoms with Gasteiger partial charge < -0.3 is 24.8 Å². The van der Waals surface area contributed by atoms with Crippen LogP contribution >= 0.6 is 15.9 Å². The topological polar surface area (TPSA) is 9.23 Å². The summed E-state index contributed by atoms with van der Waals surface area (Å²) in [5, 5.41) is 0. The van der Waals surface area contributed by atoms with Crippen LogP contribution in [0.5, 0.6) is 0 Å². The van der Waals surface area contributed by atoms with Crippen molar-refractivity contribution in [1.29, 1.82) is 0 Å². The van der Waals surface area contributed by atoms with Crippen LogP contribution < -0.4 is 24.8 Å². The van der Waals surface area contributed by atoms with Gasteiger partial charge in [-0.2, -0.15) is 0 Å². The van der Waals surface area contributed by atoms with Crippen LogP contribution in [0, 0.1) is 0 Å². The van der Waals surface area contributed by atoms with Gasteiger partial charge in [-0.3, -0.25) is 0 Å². The molecule has 0 bridgehead atoms. The monoisotopic (exact) mass is 393 g/mol. The molecule has 0 N–H and O–H groups in total. The molecule has 1 aliphatic carbocycles. The summed E-state index contributed by atoms with van der Waals surface area (Å²) in [5.41, 5.74) is 3.92. The summed E-state index contributed by atoms with van der Waals surface area (Å²) in [6.45, 7) is 0. The van der Waals surface area contributed by atoms with E-state index in [0.29, 0.717) is 0 Å². The smallest absolute Gasteiger partial charge is 1.00 e. The first-order valence-electron chi connectivity index (χ1n) is 4.34. The van der Waals surface area contributed by atoms with Crippen molar-refractivity contribution in [3.05, 3.63) is 48.9 Å². The maximum Gasteiger partial charge on any atom is -1.00 e. The predicted octanol–water partition coefficient (Wildman–Crippen LogP) is -2.69. The molecule has 0 fully saturated rings. The minimum Gasteiger partial charge on any atom is -1.00 e. The minimum atomic E-state index is 0. The SMILES string of the molecule is Brc1ccc2c(c1)C=C1[C]([Zr+2])=COC12.[Cl-].[Cl-]. The number of benzene rings is 1. The van der Waals surface area contributed by atoms with Crippen molar-refractivity contribution in [2.75, 3.05) is 0 Å². The second-order valence-corrected chi connectivity index (χ2v) is 5.66. The van der Waals surface area contributed by atoms with Gasteiger partial charge in [0.1, 0.15) is 0 Å². The van der Waals surface area contributed by atoms with Crippen LogP contribution in [0.15, 0.2) is 37.8 Å². The van der Waals surface area contributed by atoms with E-state index in [4.69, 9.17) is 4.74 Å². The Balaban J connectivity index is 0.000000640. The van der Waals surface area contributed by atoms with Crippen LogP contribution in [-0.2, 0) is 29.5 Å². The summed E-state index contributed by atoms with van der Waals surface area (Å²) in [6, 6.07) is 6.35. The quantitative estimate of drug-likeness (QED) is 0.465. The number of halogens is 3. The Kier molecular flexibility index (Phi) is 4.89. The molecule has 81 valence electrons. The van der Waals surface area contributed by atoms with Crippen molar-refractivity contribution in [1.82, 2.24) is 0 Å².